The fraction of sp³-hybridized carbons (Fsp3) is 0.421. The molecule has 2 heterocycles. The van der Waals surface area contributed by atoms with Gasteiger partial charge in [-0.3, -0.25) is 4.79 Å². The number of fused-ring (bicyclic) bond motifs is 1. The molecule has 0 bridgehead atoms. The van der Waals surface area contributed by atoms with Crippen molar-refractivity contribution >= 4 is 5.91 Å². The number of amides is 1. The summed E-state index contributed by atoms with van der Waals surface area (Å²) in [4.78, 5) is 23.7. The number of aryl methyl sites for hydroxylation is 1. The minimum Gasteiger partial charge on any atom is -0.496 e. The predicted octanol–water partition coefficient (Wildman–Crippen LogP) is 3.25. The summed E-state index contributed by atoms with van der Waals surface area (Å²) in [5, 5.41) is 0. The third-order valence-corrected chi connectivity index (χ3v) is 4.27. The van der Waals surface area contributed by atoms with Crippen LogP contribution in [-0.4, -0.2) is 27.9 Å². The molecule has 1 aromatic carbocycles. The van der Waals surface area contributed by atoms with Gasteiger partial charge in [-0.2, -0.15) is 0 Å². The number of hydrogen-bond donors (Lipinski definition) is 0. The first kappa shape index (κ1) is 16.4. The van der Waals surface area contributed by atoms with Crippen molar-refractivity contribution in [3.63, 3.8) is 0 Å². The Labute approximate surface area is 142 Å². The number of rotatable bonds is 2. The maximum atomic E-state index is 12.8. The van der Waals surface area contributed by atoms with Crippen molar-refractivity contribution in [2.45, 2.75) is 46.2 Å². The van der Waals surface area contributed by atoms with Gasteiger partial charge in [0, 0.05) is 29.3 Å². The van der Waals surface area contributed by atoms with Crippen LogP contribution in [0.4, 0.5) is 0 Å². The van der Waals surface area contributed by atoms with Gasteiger partial charge in [-0.25, -0.2) is 9.97 Å². The van der Waals surface area contributed by atoms with E-state index in [0.717, 1.165) is 28.4 Å². The monoisotopic (exact) mass is 325 g/mol. The van der Waals surface area contributed by atoms with Crippen LogP contribution < -0.4 is 4.74 Å². The van der Waals surface area contributed by atoms with Crippen LogP contribution >= 0.6 is 0 Å². The molecule has 1 aliphatic heterocycles. The van der Waals surface area contributed by atoms with Gasteiger partial charge in [0.05, 0.1) is 19.3 Å². The number of aromatic nitrogens is 2. The molecular weight excluding hydrogens is 302 g/mol. The van der Waals surface area contributed by atoms with Gasteiger partial charge in [0.1, 0.15) is 11.6 Å². The largest absolute Gasteiger partial charge is 0.496 e. The minimum absolute atomic E-state index is 0.0105. The Kier molecular flexibility index (Phi) is 4.03. The third kappa shape index (κ3) is 2.98. The van der Waals surface area contributed by atoms with E-state index >= 15 is 0 Å². The first-order valence-corrected chi connectivity index (χ1v) is 8.09. The Balaban J connectivity index is 1.83. The van der Waals surface area contributed by atoms with E-state index in [4.69, 9.17) is 4.74 Å². The van der Waals surface area contributed by atoms with E-state index in [2.05, 4.69) is 30.7 Å². The zero-order chi connectivity index (χ0) is 17.5. The van der Waals surface area contributed by atoms with Gasteiger partial charge in [0.2, 0.25) is 0 Å². The quantitative estimate of drug-likeness (QED) is 0.850. The van der Waals surface area contributed by atoms with E-state index in [-0.39, 0.29) is 11.3 Å². The van der Waals surface area contributed by atoms with Gasteiger partial charge in [0.15, 0.2) is 0 Å². The molecule has 2 aromatic rings. The third-order valence-electron chi connectivity index (χ3n) is 4.27. The number of carbonyl (C=O) groups is 1. The van der Waals surface area contributed by atoms with Crippen molar-refractivity contribution < 1.29 is 9.53 Å². The molecule has 0 radical (unpaired) electrons. The number of methoxy groups -OCH3 is 1. The molecule has 0 saturated carbocycles. The van der Waals surface area contributed by atoms with Crippen LogP contribution in [0.25, 0.3) is 0 Å². The highest BCUT2D eigenvalue weighted by atomic mass is 16.5. The van der Waals surface area contributed by atoms with Crippen molar-refractivity contribution in [2.75, 3.05) is 7.11 Å². The molecular formula is C19H23N3O2. The predicted molar refractivity (Wildman–Crippen MR) is 92.0 cm³/mol. The van der Waals surface area contributed by atoms with E-state index in [1.165, 1.54) is 0 Å². The SMILES string of the molecule is COc1cc(C(=O)N2Cc3cnc(C(C)(C)C)nc3C2)ccc1C. The second-order valence-electron chi connectivity index (χ2n) is 7.26. The van der Waals surface area contributed by atoms with Gasteiger partial charge in [-0.1, -0.05) is 26.8 Å². The Morgan fingerprint density at radius 1 is 1.25 bits per heavy atom. The fourth-order valence-corrected chi connectivity index (χ4v) is 2.79. The van der Waals surface area contributed by atoms with Crippen molar-refractivity contribution in [2.24, 2.45) is 0 Å². The molecule has 0 aliphatic carbocycles. The zero-order valence-electron chi connectivity index (χ0n) is 14.9. The van der Waals surface area contributed by atoms with Crippen molar-refractivity contribution in [1.29, 1.82) is 0 Å². The van der Waals surface area contributed by atoms with E-state index < -0.39 is 0 Å². The van der Waals surface area contributed by atoms with Crippen LogP contribution in [-0.2, 0) is 18.5 Å². The van der Waals surface area contributed by atoms with Crippen molar-refractivity contribution in [3.8, 4) is 5.75 Å². The summed E-state index contributed by atoms with van der Waals surface area (Å²) in [5.74, 6) is 1.53. The van der Waals surface area contributed by atoms with Gasteiger partial charge < -0.3 is 9.64 Å². The summed E-state index contributed by atoms with van der Waals surface area (Å²) in [6.07, 6.45) is 1.85. The number of carbonyl (C=O) groups excluding carboxylic acids is 1. The number of hydrogen-bond acceptors (Lipinski definition) is 4. The normalized spacial score (nSPS) is 13.8. The van der Waals surface area contributed by atoms with E-state index in [9.17, 15) is 4.79 Å². The molecule has 5 heteroatoms. The zero-order valence-corrected chi connectivity index (χ0v) is 14.9. The molecule has 0 saturated heterocycles. The Bertz CT molecular complexity index is 794. The molecule has 126 valence electrons. The Morgan fingerprint density at radius 2 is 2.00 bits per heavy atom. The van der Waals surface area contributed by atoms with Crippen LogP contribution in [0.1, 0.15) is 53.8 Å². The average Bonchev–Trinajstić information content (AvgIpc) is 2.97. The summed E-state index contributed by atoms with van der Waals surface area (Å²) in [6.45, 7) is 9.30. The Morgan fingerprint density at radius 3 is 2.67 bits per heavy atom. The summed E-state index contributed by atoms with van der Waals surface area (Å²) in [5.41, 5.74) is 3.52. The van der Waals surface area contributed by atoms with Crippen LogP contribution in [0.3, 0.4) is 0 Å². The lowest BCUT2D eigenvalue weighted by Gasteiger charge is -2.17. The fourth-order valence-electron chi connectivity index (χ4n) is 2.79. The summed E-state index contributed by atoms with van der Waals surface area (Å²) in [6, 6.07) is 5.55. The lowest BCUT2D eigenvalue weighted by Crippen LogP contribution is -2.25. The first-order valence-electron chi connectivity index (χ1n) is 8.09. The van der Waals surface area contributed by atoms with Gasteiger partial charge in [-0.15, -0.1) is 0 Å². The van der Waals surface area contributed by atoms with E-state index in [1.54, 1.807) is 18.1 Å². The average molecular weight is 325 g/mol. The maximum Gasteiger partial charge on any atom is 0.254 e. The topological polar surface area (TPSA) is 55.3 Å². The molecule has 1 aromatic heterocycles. The van der Waals surface area contributed by atoms with Gasteiger partial charge in [0.25, 0.3) is 5.91 Å². The lowest BCUT2D eigenvalue weighted by atomic mass is 9.95. The van der Waals surface area contributed by atoms with Crippen molar-refractivity contribution in [1.82, 2.24) is 14.9 Å². The molecule has 0 fully saturated rings. The van der Waals surface area contributed by atoms with E-state index in [0.29, 0.717) is 18.7 Å². The molecule has 1 amide bonds. The molecule has 1 aliphatic rings. The highest BCUT2D eigenvalue weighted by Crippen LogP contribution is 2.27. The van der Waals surface area contributed by atoms with Crippen LogP contribution in [0.15, 0.2) is 24.4 Å². The second-order valence-corrected chi connectivity index (χ2v) is 7.26. The summed E-state index contributed by atoms with van der Waals surface area (Å²) in [7, 11) is 1.62. The second kappa shape index (κ2) is 5.89. The van der Waals surface area contributed by atoms with Gasteiger partial charge in [-0.05, 0) is 24.6 Å². The lowest BCUT2D eigenvalue weighted by molar-refractivity contribution is 0.0750. The van der Waals surface area contributed by atoms with Crippen LogP contribution in [0, 0.1) is 6.92 Å². The molecule has 5 nitrogen and oxygen atoms in total. The summed E-state index contributed by atoms with van der Waals surface area (Å²) >= 11 is 0. The summed E-state index contributed by atoms with van der Waals surface area (Å²) < 4.78 is 5.32. The molecule has 0 N–H and O–H groups in total. The molecule has 0 spiro atoms. The smallest absolute Gasteiger partial charge is 0.254 e. The molecule has 24 heavy (non-hydrogen) atoms. The molecule has 0 unspecified atom stereocenters. The minimum atomic E-state index is -0.100. The number of ether oxygens (including phenoxy) is 1. The number of nitrogens with zero attached hydrogens (tertiary/aromatic N) is 3. The van der Waals surface area contributed by atoms with Crippen LogP contribution in [0.5, 0.6) is 5.75 Å². The Hall–Kier alpha value is -2.43. The number of benzene rings is 1. The maximum absolute atomic E-state index is 12.8. The van der Waals surface area contributed by atoms with Gasteiger partial charge >= 0.3 is 0 Å². The highest BCUT2D eigenvalue weighted by Gasteiger charge is 2.28. The highest BCUT2D eigenvalue weighted by molar-refractivity contribution is 5.95. The standard InChI is InChI=1S/C19H23N3O2/c1-12-6-7-13(8-16(12)24-5)17(23)22-10-14-9-20-18(19(2,3)4)21-15(14)11-22/h6-9H,10-11H2,1-5H3. The van der Waals surface area contributed by atoms with Crippen LogP contribution in [0.2, 0.25) is 0 Å². The molecule has 3 rings (SSSR count). The first-order chi connectivity index (χ1) is 11.3. The van der Waals surface area contributed by atoms with E-state index in [1.807, 2.05) is 25.3 Å². The molecule has 0 atom stereocenters. The van der Waals surface area contributed by atoms with Crippen molar-refractivity contribution in [3.05, 3.63) is 52.6 Å².